The van der Waals surface area contributed by atoms with Gasteiger partial charge in [-0.15, -0.1) is 0 Å². The highest BCUT2D eigenvalue weighted by Crippen LogP contribution is 2.38. The maximum atomic E-state index is 11.8. The second-order valence-electron chi connectivity index (χ2n) is 5.75. The van der Waals surface area contributed by atoms with Crippen LogP contribution in [-0.4, -0.2) is 37.6 Å². The number of Topliss-reactive ketones (excluding diaryl/α,β-unsaturated/α-hetero) is 1. The molecule has 0 spiro atoms. The van der Waals surface area contributed by atoms with Gasteiger partial charge in [0.15, 0.2) is 18.1 Å². The lowest BCUT2D eigenvalue weighted by atomic mass is 9.89. The third-order valence-corrected chi connectivity index (χ3v) is 3.99. The highest BCUT2D eigenvalue weighted by Gasteiger charge is 2.30. The summed E-state index contributed by atoms with van der Waals surface area (Å²) in [7, 11) is 1.75. The van der Waals surface area contributed by atoms with Gasteiger partial charge in [0, 0.05) is 30.7 Å². The summed E-state index contributed by atoms with van der Waals surface area (Å²) in [4.78, 5) is 29.4. The fourth-order valence-electron chi connectivity index (χ4n) is 2.89. The minimum Gasteiger partial charge on any atom is -0.481 e. The number of hydrogen-bond donors (Lipinski definition) is 0. The van der Waals surface area contributed by atoms with Crippen molar-refractivity contribution in [1.29, 1.82) is 0 Å². The molecule has 1 amide bonds. The number of benzene rings is 1. The van der Waals surface area contributed by atoms with Crippen LogP contribution in [0.15, 0.2) is 17.1 Å². The van der Waals surface area contributed by atoms with Gasteiger partial charge < -0.3 is 9.64 Å². The minimum atomic E-state index is -0.0622. The first-order valence-electron chi connectivity index (χ1n) is 7.07. The molecule has 1 aromatic rings. The number of carbonyl (C=O) groups excluding carboxylic acids is 2. The molecule has 1 unspecified atom stereocenters. The second-order valence-corrected chi connectivity index (χ2v) is 5.75. The molecular weight excluding hydrogens is 268 g/mol. The van der Waals surface area contributed by atoms with E-state index in [1.807, 2.05) is 26.0 Å². The number of carbonyl (C=O) groups is 2. The highest BCUT2D eigenvalue weighted by atomic mass is 16.5. The molecule has 0 fully saturated rings. The molecule has 2 heterocycles. The first-order valence-corrected chi connectivity index (χ1v) is 7.07. The van der Waals surface area contributed by atoms with Crippen LogP contribution < -0.4 is 9.64 Å². The summed E-state index contributed by atoms with van der Waals surface area (Å²) in [5.74, 6) is 0.875. The average Bonchev–Trinajstić information content (AvgIpc) is 2.43. The number of aryl methyl sites for hydroxylation is 1. The molecule has 5 heteroatoms. The lowest BCUT2D eigenvalue weighted by Gasteiger charge is -2.30. The summed E-state index contributed by atoms with van der Waals surface area (Å²) in [6.45, 7) is 4.26. The molecule has 0 aromatic heterocycles. The van der Waals surface area contributed by atoms with Gasteiger partial charge in [0.25, 0.3) is 5.91 Å². The van der Waals surface area contributed by atoms with Crippen LogP contribution in [0, 0.1) is 12.8 Å². The Bertz CT molecular complexity index is 664. The molecule has 0 bridgehead atoms. The van der Waals surface area contributed by atoms with Crippen LogP contribution in [0.3, 0.4) is 0 Å². The number of fused-ring (bicyclic) bond motifs is 1. The Morgan fingerprint density at radius 2 is 2.10 bits per heavy atom. The summed E-state index contributed by atoms with van der Waals surface area (Å²) in [6.07, 6.45) is 0.510. The zero-order valence-electron chi connectivity index (χ0n) is 12.5. The van der Waals surface area contributed by atoms with Gasteiger partial charge in [0.05, 0.1) is 12.2 Å². The van der Waals surface area contributed by atoms with Crippen molar-refractivity contribution < 1.29 is 14.3 Å². The quantitative estimate of drug-likeness (QED) is 0.790. The summed E-state index contributed by atoms with van der Waals surface area (Å²) < 4.78 is 5.66. The van der Waals surface area contributed by atoms with Gasteiger partial charge in [0.1, 0.15) is 0 Å². The van der Waals surface area contributed by atoms with Crippen LogP contribution in [0.25, 0.3) is 0 Å². The van der Waals surface area contributed by atoms with Gasteiger partial charge in [-0.2, -0.15) is 0 Å². The van der Waals surface area contributed by atoms with Crippen molar-refractivity contribution in [2.24, 2.45) is 10.9 Å². The highest BCUT2D eigenvalue weighted by molar-refractivity contribution is 6.11. The molecule has 0 aliphatic carbocycles. The number of anilines is 1. The molecule has 1 atom stereocenters. The third kappa shape index (κ3) is 2.33. The van der Waals surface area contributed by atoms with E-state index in [-0.39, 0.29) is 30.8 Å². The van der Waals surface area contributed by atoms with Gasteiger partial charge in [0.2, 0.25) is 0 Å². The van der Waals surface area contributed by atoms with E-state index in [2.05, 4.69) is 4.99 Å². The van der Waals surface area contributed by atoms with E-state index in [0.717, 1.165) is 22.5 Å². The first-order chi connectivity index (χ1) is 9.97. The number of nitrogens with zero attached hydrogens (tertiary/aromatic N) is 2. The smallest absolute Gasteiger partial charge is 0.264 e. The summed E-state index contributed by atoms with van der Waals surface area (Å²) in [5, 5.41) is 0. The molecule has 0 saturated heterocycles. The van der Waals surface area contributed by atoms with Crippen molar-refractivity contribution in [3.63, 3.8) is 0 Å². The third-order valence-electron chi connectivity index (χ3n) is 3.99. The topological polar surface area (TPSA) is 59.0 Å². The zero-order valence-corrected chi connectivity index (χ0v) is 12.5. The van der Waals surface area contributed by atoms with Crippen molar-refractivity contribution in [3.8, 4) is 5.75 Å². The van der Waals surface area contributed by atoms with Crippen molar-refractivity contribution in [2.45, 2.75) is 20.3 Å². The van der Waals surface area contributed by atoms with Gasteiger partial charge in [-0.3, -0.25) is 14.6 Å². The molecule has 21 heavy (non-hydrogen) atoms. The van der Waals surface area contributed by atoms with E-state index in [9.17, 15) is 9.59 Å². The maximum Gasteiger partial charge on any atom is 0.264 e. The monoisotopic (exact) mass is 286 g/mol. The molecule has 110 valence electrons. The molecule has 5 nitrogen and oxygen atoms in total. The van der Waals surface area contributed by atoms with Crippen molar-refractivity contribution in [3.05, 3.63) is 23.3 Å². The van der Waals surface area contributed by atoms with Gasteiger partial charge in [-0.1, -0.05) is 6.92 Å². The predicted octanol–water partition coefficient (Wildman–Crippen LogP) is 1.75. The number of amides is 1. The fourth-order valence-corrected chi connectivity index (χ4v) is 2.89. The second kappa shape index (κ2) is 4.98. The summed E-state index contributed by atoms with van der Waals surface area (Å²) in [5.41, 5.74) is 3.62. The minimum absolute atomic E-state index is 0.0418. The van der Waals surface area contributed by atoms with E-state index in [0.29, 0.717) is 12.2 Å². The predicted molar refractivity (Wildman–Crippen MR) is 80.3 cm³/mol. The van der Waals surface area contributed by atoms with Crippen LogP contribution in [0.4, 0.5) is 5.69 Å². The number of ketones is 1. The van der Waals surface area contributed by atoms with Crippen molar-refractivity contribution in [1.82, 2.24) is 0 Å². The summed E-state index contributed by atoms with van der Waals surface area (Å²) in [6, 6.07) is 3.96. The molecule has 0 N–H and O–H groups in total. The van der Waals surface area contributed by atoms with Crippen LogP contribution in [0.1, 0.15) is 24.5 Å². The Morgan fingerprint density at radius 1 is 1.33 bits per heavy atom. The van der Waals surface area contributed by atoms with E-state index >= 15 is 0 Å². The Labute approximate surface area is 123 Å². The number of ether oxygens (including phenoxy) is 1. The molecule has 1 aromatic carbocycles. The van der Waals surface area contributed by atoms with Crippen LogP contribution in [-0.2, 0) is 9.59 Å². The molecule has 0 saturated carbocycles. The lowest BCUT2D eigenvalue weighted by molar-refractivity contribution is -0.121. The summed E-state index contributed by atoms with van der Waals surface area (Å²) >= 11 is 0. The van der Waals surface area contributed by atoms with E-state index in [1.54, 1.807) is 11.9 Å². The van der Waals surface area contributed by atoms with Gasteiger partial charge in [-0.05, 0) is 24.6 Å². The van der Waals surface area contributed by atoms with E-state index in [4.69, 9.17) is 4.74 Å². The van der Waals surface area contributed by atoms with Crippen LogP contribution in [0.5, 0.6) is 5.75 Å². The Kier molecular flexibility index (Phi) is 3.27. The number of likely N-dealkylation sites (N-methyl/N-ethyl adjacent to an activating group) is 1. The molecule has 3 rings (SSSR count). The van der Waals surface area contributed by atoms with Crippen LogP contribution in [0.2, 0.25) is 0 Å². The van der Waals surface area contributed by atoms with Crippen molar-refractivity contribution in [2.75, 3.05) is 25.1 Å². The molecule has 2 aliphatic heterocycles. The number of hydrogen-bond acceptors (Lipinski definition) is 4. The molecular formula is C16H18N2O3. The first kappa shape index (κ1) is 13.8. The lowest BCUT2D eigenvalue weighted by Crippen LogP contribution is -2.36. The van der Waals surface area contributed by atoms with Crippen LogP contribution >= 0.6 is 0 Å². The fraction of sp³-hybridized carbons (Fsp3) is 0.438. The Balaban J connectivity index is 2.14. The number of rotatable bonds is 1. The SMILES string of the molecule is Cc1cc(C2=NCC(=O)CC2C)c2c(c1)N(C)C(=O)CO2. The largest absolute Gasteiger partial charge is 0.481 e. The molecule has 0 radical (unpaired) electrons. The van der Waals surface area contributed by atoms with E-state index in [1.165, 1.54) is 0 Å². The number of aliphatic imine (C=N–C) groups is 1. The van der Waals surface area contributed by atoms with Crippen molar-refractivity contribution >= 4 is 23.1 Å². The van der Waals surface area contributed by atoms with Gasteiger partial charge >= 0.3 is 0 Å². The Hall–Kier alpha value is -2.17. The van der Waals surface area contributed by atoms with E-state index < -0.39 is 0 Å². The van der Waals surface area contributed by atoms with Gasteiger partial charge in [-0.25, -0.2) is 0 Å². The molecule has 2 aliphatic rings. The standard InChI is InChI=1S/C16H18N2O3/c1-9-4-12(15-10(2)6-11(19)7-17-15)16-13(5-9)18(3)14(20)8-21-16/h4-5,10H,6-8H2,1-3H3. The normalized spacial score (nSPS) is 21.8. The Morgan fingerprint density at radius 3 is 2.81 bits per heavy atom. The zero-order chi connectivity index (χ0) is 15.1. The average molecular weight is 286 g/mol. The maximum absolute atomic E-state index is 11.8.